The van der Waals surface area contributed by atoms with E-state index < -0.39 is 8.32 Å². The summed E-state index contributed by atoms with van der Waals surface area (Å²) in [7, 11) is 0.995. The second-order valence-corrected chi connectivity index (χ2v) is 13.2. The van der Waals surface area contributed by atoms with E-state index in [2.05, 4.69) is 41.5 Å². The number of methoxy groups -OCH3 is 2. The molecule has 26 heavy (non-hydrogen) atoms. The van der Waals surface area contributed by atoms with Crippen molar-refractivity contribution >= 4 is 14.1 Å². The van der Waals surface area contributed by atoms with Crippen LogP contribution in [0.4, 0.5) is 0 Å². The van der Waals surface area contributed by atoms with Crippen molar-refractivity contribution in [1.82, 2.24) is 0 Å². The van der Waals surface area contributed by atoms with Crippen molar-refractivity contribution in [3.8, 4) is 17.2 Å². The highest BCUT2D eigenvalue weighted by molar-refractivity contribution is 6.78. The lowest BCUT2D eigenvalue weighted by atomic mass is 10.0. The standard InChI is InChI=1S/C21H36O4Si/c1-10-11-18(22)21-19(24-9)12-17(23-8)13-20(21)25-26(14(2)3,15(4)5)16(6)7/h12-16H,10-11H2,1-9H3. The highest BCUT2D eigenvalue weighted by Crippen LogP contribution is 2.45. The first-order chi connectivity index (χ1) is 12.1. The van der Waals surface area contributed by atoms with Gasteiger partial charge in [0.25, 0.3) is 8.32 Å². The summed E-state index contributed by atoms with van der Waals surface area (Å²) in [5.74, 6) is 1.84. The lowest BCUT2D eigenvalue weighted by Gasteiger charge is -2.42. The van der Waals surface area contributed by atoms with Crippen molar-refractivity contribution in [3.05, 3.63) is 17.7 Å². The van der Waals surface area contributed by atoms with Gasteiger partial charge in [-0.25, -0.2) is 0 Å². The predicted octanol–water partition coefficient (Wildman–Crippen LogP) is 6.24. The van der Waals surface area contributed by atoms with Crippen molar-refractivity contribution in [2.75, 3.05) is 14.2 Å². The van der Waals surface area contributed by atoms with Crippen LogP contribution >= 0.6 is 0 Å². The van der Waals surface area contributed by atoms with Gasteiger partial charge in [0.1, 0.15) is 22.8 Å². The van der Waals surface area contributed by atoms with Crippen LogP contribution in [0, 0.1) is 0 Å². The van der Waals surface area contributed by atoms with Crippen LogP contribution in [0.2, 0.25) is 16.6 Å². The fraction of sp³-hybridized carbons (Fsp3) is 0.667. The summed E-state index contributed by atoms with van der Waals surface area (Å²) in [6.45, 7) is 15.4. The Hall–Kier alpha value is -1.49. The zero-order valence-electron chi connectivity index (χ0n) is 17.9. The molecule has 0 aliphatic rings. The average Bonchev–Trinajstić information content (AvgIpc) is 2.57. The van der Waals surface area contributed by atoms with E-state index in [0.717, 1.165) is 6.42 Å². The topological polar surface area (TPSA) is 44.8 Å². The molecule has 0 amide bonds. The third-order valence-electron chi connectivity index (χ3n) is 5.24. The Morgan fingerprint density at radius 1 is 0.923 bits per heavy atom. The molecule has 148 valence electrons. The molecule has 1 aromatic carbocycles. The van der Waals surface area contributed by atoms with Gasteiger partial charge >= 0.3 is 0 Å². The van der Waals surface area contributed by atoms with Gasteiger partial charge in [0, 0.05) is 18.6 Å². The van der Waals surface area contributed by atoms with Crippen molar-refractivity contribution in [2.45, 2.75) is 77.9 Å². The number of hydrogen-bond acceptors (Lipinski definition) is 4. The molecule has 0 N–H and O–H groups in total. The Kier molecular flexibility index (Phi) is 8.19. The maximum atomic E-state index is 12.9. The quantitative estimate of drug-likeness (QED) is 0.356. The Morgan fingerprint density at radius 3 is 1.81 bits per heavy atom. The van der Waals surface area contributed by atoms with Crippen LogP contribution in [0.15, 0.2) is 12.1 Å². The SMILES string of the molecule is CCCC(=O)c1c(OC)cc(OC)cc1O[Si](C(C)C)(C(C)C)C(C)C. The molecule has 1 rings (SSSR count). The van der Waals surface area contributed by atoms with E-state index in [1.807, 2.05) is 13.0 Å². The molecule has 0 heterocycles. The molecule has 0 fully saturated rings. The number of rotatable bonds is 10. The number of carbonyl (C=O) groups is 1. The first-order valence-corrected chi connectivity index (χ1v) is 11.8. The maximum Gasteiger partial charge on any atom is 0.258 e. The van der Waals surface area contributed by atoms with Gasteiger partial charge in [-0.15, -0.1) is 0 Å². The molecule has 0 spiro atoms. The molecule has 4 nitrogen and oxygen atoms in total. The van der Waals surface area contributed by atoms with Crippen molar-refractivity contribution in [2.24, 2.45) is 0 Å². The lowest BCUT2D eigenvalue weighted by Crippen LogP contribution is -2.51. The van der Waals surface area contributed by atoms with Crippen LogP contribution < -0.4 is 13.9 Å². The third-order valence-corrected chi connectivity index (χ3v) is 11.2. The summed E-state index contributed by atoms with van der Waals surface area (Å²) in [5, 5.41) is 0. The molecule has 0 atom stereocenters. The fourth-order valence-electron chi connectivity index (χ4n) is 4.10. The summed E-state index contributed by atoms with van der Waals surface area (Å²) in [6, 6.07) is 3.61. The maximum absolute atomic E-state index is 12.9. The van der Waals surface area contributed by atoms with Gasteiger partial charge in [0.05, 0.1) is 14.2 Å². The van der Waals surface area contributed by atoms with Gasteiger partial charge in [0.2, 0.25) is 0 Å². The van der Waals surface area contributed by atoms with E-state index in [0.29, 0.717) is 45.9 Å². The summed E-state index contributed by atoms with van der Waals surface area (Å²) < 4.78 is 17.8. The van der Waals surface area contributed by atoms with E-state index in [4.69, 9.17) is 13.9 Å². The number of benzene rings is 1. The van der Waals surface area contributed by atoms with Gasteiger partial charge in [-0.1, -0.05) is 48.5 Å². The molecular weight excluding hydrogens is 344 g/mol. The van der Waals surface area contributed by atoms with Crippen LogP contribution in [-0.2, 0) is 0 Å². The van der Waals surface area contributed by atoms with Gasteiger partial charge in [-0.2, -0.15) is 0 Å². The van der Waals surface area contributed by atoms with Crippen molar-refractivity contribution in [1.29, 1.82) is 0 Å². The summed E-state index contributed by atoms with van der Waals surface area (Å²) in [6.07, 6.45) is 1.26. The second-order valence-electron chi connectivity index (χ2n) is 7.80. The van der Waals surface area contributed by atoms with Gasteiger partial charge in [-0.3, -0.25) is 4.79 Å². The van der Waals surface area contributed by atoms with Crippen molar-refractivity contribution in [3.63, 3.8) is 0 Å². The minimum Gasteiger partial charge on any atom is -0.542 e. The Morgan fingerprint density at radius 2 is 1.42 bits per heavy atom. The molecule has 0 aliphatic heterocycles. The highest BCUT2D eigenvalue weighted by atomic mass is 28.4. The Balaban J connectivity index is 3.64. The summed E-state index contributed by atoms with van der Waals surface area (Å²) >= 11 is 0. The molecule has 0 saturated carbocycles. The Labute approximate surface area is 160 Å². The van der Waals surface area contributed by atoms with E-state index in [-0.39, 0.29) is 5.78 Å². The Bertz CT molecular complexity index is 586. The minimum atomic E-state index is -2.20. The van der Waals surface area contributed by atoms with E-state index in [1.54, 1.807) is 20.3 Å². The van der Waals surface area contributed by atoms with Crippen LogP contribution in [-0.4, -0.2) is 28.3 Å². The zero-order chi connectivity index (χ0) is 20.1. The van der Waals surface area contributed by atoms with E-state index in [9.17, 15) is 4.79 Å². The highest BCUT2D eigenvalue weighted by Gasteiger charge is 2.47. The number of ether oxygens (including phenoxy) is 2. The molecule has 5 heteroatoms. The van der Waals surface area contributed by atoms with E-state index in [1.165, 1.54) is 0 Å². The van der Waals surface area contributed by atoms with Gasteiger partial charge in [-0.05, 0) is 23.0 Å². The molecule has 0 aliphatic carbocycles. The summed E-state index contributed by atoms with van der Waals surface area (Å²) in [5.41, 5.74) is 1.78. The zero-order valence-corrected chi connectivity index (χ0v) is 18.9. The predicted molar refractivity (Wildman–Crippen MR) is 110 cm³/mol. The summed E-state index contributed by atoms with van der Waals surface area (Å²) in [4.78, 5) is 12.9. The van der Waals surface area contributed by atoms with Crippen LogP contribution in [0.1, 0.15) is 71.7 Å². The molecule has 0 radical (unpaired) electrons. The third kappa shape index (κ3) is 4.42. The smallest absolute Gasteiger partial charge is 0.258 e. The normalized spacial score (nSPS) is 12.0. The first kappa shape index (κ1) is 22.5. The van der Waals surface area contributed by atoms with E-state index >= 15 is 0 Å². The number of Topliss-reactive ketones (excluding diaryl/α,β-unsaturated/α-hetero) is 1. The molecular formula is C21H36O4Si. The molecule has 0 bridgehead atoms. The van der Waals surface area contributed by atoms with Crippen LogP contribution in [0.25, 0.3) is 0 Å². The monoisotopic (exact) mass is 380 g/mol. The largest absolute Gasteiger partial charge is 0.542 e. The van der Waals surface area contributed by atoms with Crippen LogP contribution in [0.3, 0.4) is 0 Å². The van der Waals surface area contributed by atoms with Gasteiger partial charge < -0.3 is 13.9 Å². The fourth-order valence-corrected chi connectivity index (χ4v) is 9.35. The molecule has 1 aromatic rings. The molecule has 0 unspecified atom stereocenters. The number of ketones is 1. The van der Waals surface area contributed by atoms with Crippen molar-refractivity contribution < 1.29 is 18.7 Å². The second kappa shape index (κ2) is 9.44. The molecule has 0 saturated heterocycles. The minimum absolute atomic E-state index is 0.0566. The molecule has 0 aromatic heterocycles. The van der Waals surface area contributed by atoms with Crippen LogP contribution in [0.5, 0.6) is 17.2 Å². The number of carbonyl (C=O) groups excluding carboxylic acids is 1. The number of hydrogen-bond donors (Lipinski definition) is 0. The van der Waals surface area contributed by atoms with Gasteiger partial charge in [0.15, 0.2) is 5.78 Å². The lowest BCUT2D eigenvalue weighted by molar-refractivity contribution is 0.0976. The average molecular weight is 381 g/mol. The first-order valence-electron chi connectivity index (χ1n) is 9.63.